The molecule has 1 aromatic rings. The Morgan fingerprint density at radius 2 is 1.50 bits per heavy atom. The van der Waals surface area contributed by atoms with Crippen molar-refractivity contribution in [2.45, 2.75) is 65.7 Å². The highest BCUT2D eigenvalue weighted by Crippen LogP contribution is 2.44. The van der Waals surface area contributed by atoms with Crippen LogP contribution in [0.15, 0.2) is 12.1 Å². The van der Waals surface area contributed by atoms with Crippen LogP contribution in [0.2, 0.25) is 0 Å². The van der Waals surface area contributed by atoms with Gasteiger partial charge in [0, 0.05) is 17.5 Å². The lowest BCUT2D eigenvalue weighted by atomic mass is 9.81. The average Bonchev–Trinajstić information content (AvgIpc) is 2.28. The van der Waals surface area contributed by atoms with E-state index in [1.165, 1.54) is 0 Å². The molecule has 0 atom stereocenters. The number of rotatable bonds is 2. The zero-order chi connectivity index (χ0) is 15.7. The van der Waals surface area contributed by atoms with Gasteiger partial charge >= 0.3 is 5.97 Å². The van der Waals surface area contributed by atoms with Gasteiger partial charge < -0.3 is 9.84 Å². The van der Waals surface area contributed by atoms with Gasteiger partial charge in [0.2, 0.25) is 0 Å². The van der Waals surface area contributed by atoms with Crippen LogP contribution in [0.3, 0.4) is 0 Å². The number of ether oxygens (including phenoxy) is 1. The lowest BCUT2D eigenvalue weighted by molar-refractivity contribution is -0.134. The second-order valence-corrected chi connectivity index (χ2v) is 7.17. The highest BCUT2D eigenvalue weighted by molar-refractivity contribution is 5.74. The lowest BCUT2D eigenvalue weighted by Gasteiger charge is -2.27. The molecule has 112 valence electrons. The number of aromatic hydroxyl groups is 1. The molecular formula is C17H26O3. The Bertz CT molecular complexity index is 502. The summed E-state index contributed by atoms with van der Waals surface area (Å²) in [7, 11) is 0. The minimum Gasteiger partial charge on any atom is -0.504 e. The van der Waals surface area contributed by atoms with Gasteiger partial charge in [-0.25, -0.2) is 0 Å². The summed E-state index contributed by atoms with van der Waals surface area (Å²) in [4.78, 5) is 11.6. The normalized spacial score (nSPS) is 12.3. The van der Waals surface area contributed by atoms with E-state index in [2.05, 4.69) is 0 Å². The van der Waals surface area contributed by atoms with Crippen LogP contribution in [0.25, 0.3) is 0 Å². The van der Waals surface area contributed by atoms with Crippen LogP contribution in [0, 0.1) is 0 Å². The zero-order valence-corrected chi connectivity index (χ0v) is 13.6. The van der Waals surface area contributed by atoms with Crippen molar-refractivity contribution in [2.24, 2.45) is 0 Å². The van der Waals surface area contributed by atoms with Crippen molar-refractivity contribution in [3.05, 3.63) is 23.3 Å². The first kappa shape index (κ1) is 16.5. The topological polar surface area (TPSA) is 46.5 Å². The van der Waals surface area contributed by atoms with Gasteiger partial charge in [-0.05, 0) is 10.8 Å². The maximum Gasteiger partial charge on any atom is 0.311 e. The number of phenols is 1. The third kappa shape index (κ3) is 3.53. The predicted octanol–water partition coefficient (Wildman–Crippen LogP) is 4.30. The van der Waals surface area contributed by atoms with E-state index < -0.39 is 0 Å². The van der Waals surface area contributed by atoms with Crippen LogP contribution < -0.4 is 4.74 Å². The van der Waals surface area contributed by atoms with Gasteiger partial charge in [-0.2, -0.15) is 0 Å². The van der Waals surface area contributed by atoms with Gasteiger partial charge in [0.25, 0.3) is 0 Å². The van der Waals surface area contributed by atoms with Crippen LogP contribution in [0.1, 0.15) is 66.0 Å². The van der Waals surface area contributed by atoms with E-state index in [1.807, 2.05) is 53.7 Å². The Morgan fingerprint density at radius 1 is 1.05 bits per heavy atom. The predicted molar refractivity (Wildman–Crippen MR) is 81.4 cm³/mol. The summed E-state index contributed by atoms with van der Waals surface area (Å²) >= 11 is 0. The summed E-state index contributed by atoms with van der Waals surface area (Å²) in [6, 6.07) is 3.86. The van der Waals surface area contributed by atoms with Crippen LogP contribution >= 0.6 is 0 Å². The van der Waals surface area contributed by atoms with Crippen molar-refractivity contribution in [3.8, 4) is 11.5 Å². The van der Waals surface area contributed by atoms with Gasteiger partial charge in [0.15, 0.2) is 11.5 Å². The van der Waals surface area contributed by atoms with Crippen molar-refractivity contribution >= 4 is 5.97 Å². The number of carbonyl (C=O) groups excluding carboxylic acids is 1. The van der Waals surface area contributed by atoms with E-state index in [1.54, 1.807) is 6.92 Å². The number of esters is 1. The molecule has 0 saturated heterocycles. The van der Waals surface area contributed by atoms with Gasteiger partial charge in [-0.3, -0.25) is 4.79 Å². The number of carbonyl (C=O) groups is 1. The van der Waals surface area contributed by atoms with Crippen LogP contribution in [0.5, 0.6) is 11.5 Å². The van der Waals surface area contributed by atoms with Gasteiger partial charge in [0.05, 0.1) is 0 Å². The molecule has 1 rings (SSSR count). The van der Waals surface area contributed by atoms with Gasteiger partial charge in [-0.1, -0.05) is 60.6 Å². The smallest absolute Gasteiger partial charge is 0.311 e. The molecule has 1 aromatic carbocycles. The molecule has 0 amide bonds. The Labute approximate surface area is 122 Å². The quantitative estimate of drug-likeness (QED) is 0.648. The first-order chi connectivity index (χ1) is 8.98. The standard InChI is InChI=1S/C17H26O3/c1-8-13(18)20-15-12(17(5,6)7)10-9-11(14(15)19)16(2,3)4/h9-10,19H,8H2,1-7H3. The molecule has 0 aliphatic carbocycles. The third-order valence-corrected chi connectivity index (χ3v) is 3.25. The number of hydrogen-bond donors (Lipinski definition) is 1. The molecule has 3 heteroatoms. The number of benzene rings is 1. The number of hydrogen-bond acceptors (Lipinski definition) is 3. The highest BCUT2D eigenvalue weighted by atomic mass is 16.5. The van der Waals surface area contributed by atoms with E-state index in [0.717, 1.165) is 11.1 Å². The Hall–Kier alpha value is -1.51. The summed E-state index contributed by atoms with van der Waals surface area (Å²) in [6.45, 7) is 13.9. The molecule has 0 spiro atoms. The van der Waals surface area contributed by atoms with E-state index >= 15 is 0 Å². The van der Waals surface area contributed by atoms with Crippen LogP contribution in [-0.4, -0.2) is 11.1 Å². The Balaban J connectivity index is 3.50. The molecule has 0 aromatic heterocycles. The zero-order valence-electron chi connectivity index (χ0n) is 13.6. The summed E-state index contributed by atoms with van der Waals surface area (Å²) < 4.78 is 5.40. The molecule has 0 saturated carbocycles. The van der Waals surface area contributed by atoms with Crippen molar-refractivity contribution < 1.29 is 14.6 Å². The SMILES string of the molecule is CCC(=O)Oc1c(C(C)(C)C)ccc(C(C)(C)C)c1O. The van der Waals surface area contributed by atoms with E-state index in [4.69, 9.17) is 4.74 Å². The second kappa shape index (κ2) is 5.47. The molecule has 3 nitrogen and oxygen atoms in total. The van der Waals surface area contributed by atoms with Gasteiger partial charge in [-0.15, -0.1) is 0 Å². The minimum absolute atomic E-state index is 0.0757. The lowest BCUT2D eigenvalue weighted by Crippen LogP contribution is -2.19. The molecule has 0 fully saturated rings. The first-order valence-corrected chi connectivity index (χ1v) is 7.06. The maximum absolute atomic E-state index is 11.6. The van der Waals surface area contributed by atoms with E-state index in [-0.39, 0.29) is 29.0 Å². The van der Waals surface area contributed by atoms with Crippen molar-refractivity contribution in [3.63, 3.8) is 0 Å². The fourth-order valence-electron chi connectivity index (χ4n) is 2.06. The van der Waals surface area contributed by atoms with Crippen molar-refractivity contribution in [1.82, 2.24) is 0 Å². The molecule has 0 heterocycles. The highest BCUT2D eigenvalue weighted by Gasteiger charge is 2.28. The average molecular weight is 278 g/mol. The molecule has 0 bridgehead atoms. The van der Waals surface area contributed by atoms with Crippen LogP contribution in [0.4, 0.5) is 0 Å². The van der Waals surface area contributed by atoms with Crippen molar-refractivity contribution in [2.75, 3.05) is 0 Å². The third-order valence-electron chi connectivity index (χ3n) is 3.25. The second-order valence-electron chi connectivity index (χ2n) is 7.17. The molecular weight excluding hydrogens is 252 g/mol. The summed E-state index contributed by atoms with van der Waals surface area (Å²) in [5.41, 5.74) is 1.19. The summed E-state index contributed by atoms with van der Waals surface area (Å²) in [6.07, 6.45) is 0.281. The minimum atomic E-state index is -0.336. The van der Waals surface area contributed by atoms with Crippen molar-refractivity contribution in [1.29, 1.82) is 0 Å². The molecule has 0 radical (unpaired) electrons. The molecule has 1 N–H and O–H groups in total. The Kier molecular flexibility index (Phi) is 4.52. The summed E-state index contributed by atoms with van der Waals surface area (Å²) in [5, 5.41) is 10.5. The van der Waals surface area contributed by atoms with Crippen LogP contribution in [-0.2, 0) is 15.6 Å². The molecule has 0 aliphatic heterocycles. The van der Waals surface area contributed by atoms with E-state index in [0.29, 0.717) is 5.75 Å². The van der Waals surface area contributed by atoms with Gasteiger partial charge in [0.1, 0.15) is 0 Å². The fraction of sp³-hybridized carbons (Fsp3) is 0.588. The molecule has 20 heavy (non-hydrogen) atoms. The first-order valence-electron chi connectivity index (χ1n) is 7.06. The summed E-state index contributed by atoms with van der Waals surface area (Å²) in [5.74, 6) is 0.0420. The molecule has 0 aliphatic rings. The Morgan fingerprint density at radius 3 is 1.90 bits per heavy atom. The maximum atomic E-state index is 11.6. The monoisotopic (exact) mass is 278 g/mol. The number of phenolic OH excluding ortho intramolecular Hbond substituents is 1. The van der Waals surface area contributed by atoms with E-state index in [9.17, 15) is 9.90 Å². The molecule has 0 unspecified atom stereocenters. The fourth-order valence-corrected chi connectivity index (χ4v) is 2.06. The largest absolute Gasteiger partial charge is 0.504 e.